The van der Waals surface area contributed by atoms with E-state index < -0.39 is 21.4 Å². The Morgan fingerprint density at radius 2 is 1.71 bits per heavy atom. The highest BCUT2D eigenvalue weighted by molar-refractivity contribution is 7.93. The first-order valence-electron chi connectivity index (χ1n) is 11.6. The number of hydrogen-bond acceptors (Lipinski definition) is 9. The molecule has 0 unspecified atom stereocenters. The first-order valence-corrected chi connectivity index (χ1v) is 13.2. The van der Waals surface area contributed by atoms with Crippen LogP contribution in [0.15, 0.2) is 65.2 Å². The highest BCUT2D eigenvalue weighted by Gasteiger charge is 2.34. The predicted molar refractivity (Wildman–Crippen MR) is 139 cm³/mol. The smallest absolute Gasteiger partial charge is 0.243 e. The summed E-state index contributed by atoms with van der Waals surface area (Å²) < 4.78 is 49.4. The van der Waals surface area contributed by atoms with Gasteiger partial charge in [0.15, 0.2) is 5.76 Å². The minimum atomic E-state index is -4.22. The maximum Gasteiger partial charge on any atom is 0.243 e. The molecule has 4 heterocycles. The lowest BCUT2D eigenvalue weighted by atomic mass is 10.2. The van der Waals surface area contributed by atoms with E-state index in [4.69, 9.17) is 13.9 Å². The number of aliphatic hydroxyl groups is 1. The van der Waals surface area contributed by atoms with Gasteiger partial charge in [0.2, 0.25) is 21.8 Å². The number of para-hydroxylation sites is 1. The molecule has 2 N–H and O–H groups in total. The van der Waals surface area contributed by atoms with E-state index in [0.717, 1.165) is 5.52 Å². The number of furan rings is 1. The van der Waals surface area contributed by atoms with E-state index in [1.807, 2.05) is 6.07 Å². The van der Waals surface area contributed by atoms with E-state index in [1.165, 1.54) is 30.2 Å². The van der Waals surface area contributed by atoms with Gasteiger partial charge in [-0.1, -0.05) is 12.1 Å². The maximum atomic E-state index is 13.6. The zero-order valence-corrected chi connectivity index (χ0v) is 21.9. The normalized spacial score (nSPS) is 13.4. The minimum absolute atomic E-state index is 0.145. The lowest BCUT2D eigenvalue weighted by Crippen LogP contribution is -2.32. The summed E-state index contributed by atoms with van der Waals surface area (Å²) in [4.78, 5) is 0. The molecular weight excluding hydrogens is 512 g/mol. The van der Waals surface area contributed by atoms with Gasteiger partial charge in [0.05, 0.1) is 25.4 Å². The molecule has 5 aromatic rings. The van der Waals surface area contributed by atoms with Crippen molar-refractivity contribution in [2.75, 3.05) is 18.9 Å². The summed E-state index contributed by atoms with van der Waals surface area (Å²) in [6.07, 6.45) is 0.171. The molecule has 0 fully saturated rings. The molecule has 38 heavy (non-hydrogen) atoms. The lowest BCUT2D eigenvalue weighted by Gasteiger charge is -2.22. The molecule has 0 saturated carbocycles. The van der Waals surface area contributed by atoms with E-state index in [1.54, 1.807) is 61.7 Å². The van der Waals surface area contributed by atoms with Crippen LogP contribution in [0.25, 0.3) is 22.8 Å². The monoisotopic (exact) mass is 538 g/mol. The minimum Gasteiger partial charge on any atom is -0.494 e. The number of aryl methyl sites for hydroxylation is 1. The Morgan fingerprint density at radius 1 is 1.00 bits per heavy atom. The number of anilines is 1. The molecule has 198 valence electrons. The second-order valence-electron chi connectivity index (χ2n) is 8.52. The predicted octanol–water partition coefficient (Wildman–Crippen LogP) is 3.36. The van der Waals surface area contributed by atoms with Gasteiger partial charge in [-0.2, -0.15) is 5.10 Å². The number of sulfonamides is 1. The van der Waals surface area contributed by atoms with Crippen LogP contribution >= 0.6 is 0 Å². The summed E-state index contributed by atoms with van der Waals surface area (Å²) >= 11 is 0. The molecule has 4 aromatic heterocycles. The zero-order valence-electron chi connectivity index (χ0n) is 21.1. The molecule has 5 rings (SSSR count). The second-order valence-corrected chi connectivity index (χ2v) is 10.6. The van der Waals surface area contributed by atoms with Crippen molar-refractivity contribution in [3.8, 4) is 28.8 Å². The SMILES string of the molecule is COc1cccc(OC)c1-n1c(NS(=O)(=O)[C@H](C)[C@@H](O)c2cccc3ccnn23)nnc1-c1ccc(C)o1. The molecule has 13 heteroatoms. The average Bonchev–Trinajstić information content (AvgIpc) is 3.66. The Morgan fingerprint density at radius 3 is 2.37 bits per heavy atom. The number of benzene rings is 1. The fraction of sp³-hybridized carbons (Fsp3) is 0.240. The van der Waals surface area contributed by atoms with E-state index in [0.29, 0.717) is 34.4 Å². The van der Waals surface area contributed by atoms with Gasteiger partial charge in [-0.25, -0.2) is 12.9 Å². The van der Waals surface area contributed by atoms with Gasteiger partial charge in [0.25, 0.3) is 0 Å². The average molecular weight is 539 g/mol. The third kappa shape index (κ3) is 4.35. The van der Waals surface area contributed by atoms with Crippen molar-refractivity contribution < 1.29 is 27.4 Å². The van der Waals surface area contributed by atoms with Crippen LogP contribution in [0.3, 0.4) is 0 Å². The highest BCUT2D eigenvalue weighted by Crippen LogP contribution is 2.38. The van der Waals surface area contributed by atoms with Crippen molar-refractivity contribution in [2.24, 2.45) is 0 Å². The molecule has 12 nitrogen and oxygen atoms in total. The number of nitrogens with one attached hydrogen (secondary N) is 1. The number of rotatable bonds is 9. The molecule has 0 aliphatic rings. The van der Waals surface area contributed by atoms with Crippen molar-refractivity contribution in [2.45, 2.75) is 25.2 Å². The fourth-order valence-corrected chi connectivity index (χ4v) is 5.21. The molecule has 0 spiro atoms. The van der Waals surface area contributed by atoms with Crippen LogP contribution in [0.1, 0.15) is 24.5 Å². The summed E-state index contributed by atoms with van der Waals surface area (Å²) in [5.74, 6) is 1.82. The third-order valence-corrected chi connectivity index (χ3v) is 7.87. The van der Waals surface area contributed by atoms with Gasteiger partial charge >= 0.3 is 0 Å². The lowest BCUT2D eigenvalue weighted by molar-refractivity contribution is 0.168. The van der Waals surface area contributed by atoms with Gasteiger partial charge < -0.3 is 19.0 Å². The van der Waals surface area contributed by atoms with E-state index in [-0.39, 0.29) is 11.8 Å². The number of pyridine rings is 1. The van der Waals surface area contributed by atoms with Gasteiger partial charge in [0.1, 0.15) is 34.3 Å². The largest absolute Gasteiger partial charge is 0.494 e. The Labute approximate surface area is 218 Å². The zero-order chi connectivity index (χ0) is 27.0. The summed E-state index contributed by atoms with van der Waals surface area (Å²) in [6.45, 7) is 3.18. The number of methoxy groups -OCH3 is 2. The van der Waals surface area contributed by atoms with Crippen LogP contribution in [-0.4, -0.2) is 57.4 Å². The van der Waals surface area contributed by atoms with E-state index in [2.05, 4.69) is 20.0 Å². The Kier molecular flexibility index (Phi) is 6.55. The van der Waals surface area contributed by atoms with Gasteiger partial charge in [-0.05, 0) is 56.3 Å². The molecule has 0 radical (unpaired) electrons. The first kappa shape index (κ1) is 25.3. The van der Waals surface area contributed by atoms with Crippen LogP contribution in [0.4, 0.5) is 5.95 Å². The molecule has 0 aliphatic heterocycles. The van der Waals surface area contributed by atoms with Crippen molar-refractivity contribution in [3.05, 3.63) is 72.2 Å². The topological polar surface area (TPSA) is 146 Å². The van der Waals surface area contributed by atoms with Crippen LogP contribution in [0.5, 0.6) is 11.5 Å². The van der Waals surface area contributed by atoms with Crippen LogP contribution in [0, 0.1) is 6.92 Å². The molecule has 0 amide bonds. The number of nitrogens with zero attached hydrogens (tertiary/aromatic N) is 5. The molecule has 0 aliphatic carbocycles. The Hall–Kier alpha value is -4.36. The number of ether oxygens (including phenoxy) is 2. The number of fused-ring (bicyclic) bond motifs is 1. The summed E-state index contributed by atoms with van der Waals surface area (Å²) in [5, 5.41) is 22.3. The molecule has 0 saturated heterocycles. The first-order chi connectivity index (χ1) is 18.2. The number of aliphatic hydroxyl groups excluding tert-OH is 1. The molecule has 2 atom stereocenters. The number of hydrogen-bond donors (Lipinski definition) is 2. The molecule has 1 aromatic carbocycles. The standard InChI is InChI=1S/C25H26N6O6S/c1-15-11-12-21(37-15)24-27-28-25(30(24)22-19(35-3)9-6-10-20(22)36-4)29-38(33,34)16(2)23(32)18-8-5-7-17-13-14-26-31(17)18/h5-14,16,23,32H,1-4H3,(H,28,29)/t16-,23-/m1/s1. The van der Waals surface area contributed by atoms with Gasteiger partial charge in [-0.3, -0.25) is 9.29 Å². The van der Waals surface area contributed by atoms with Crippen molar-refractivity contribution >= 4 is 21.5 Å². The highest BCUT2D eigenvalue weighted by atomic mass is 32.2. The van der Waals surface area contributed by atoms with Crippen LogP contribution in [-0.2, 0) is 10.0 Å². The number of aromatic nitrogens is 5. The quantitative estimate of drug-likeness (QED) is 0.288. The van der Waals surface area contributed by atoms with Crippen molar-refractivity contribution in [1.82, 2.24) is 24.4 Å². The summed E-state index contributed by atoms with van der Waals surface area (Å²) in [7, 11) is -1.26. The maximum absolute atomic E-state index is 13.6. The van der Waals surface area contributed by atoms with Gasteiger partial charge in [-0.15, -0.1) is 10.2 Å². The fourth-order valence-electron chi connectivity index (χ4n) is 4.15. The summed E-state index contributed by atoms with van der Waals surface area (Å²) in [5.41, 5.74) is 1.41. The van der Waals surface area contributed by atoms with Crippen molar-refractivity contribution in [1.29, 1.82) is 0 Å². The van der Waals surface area contributed by atoms with E-state index in [9.17, 15) is 13.5 Å². The van der Waals surface area contributed by atoms with E-state index >= 15 is 0 Å². The molecular formula is C25H26N6O6S. The van der Waals surface area contributed by atoms with Crippen LogP contribution < -0.4 is 14.2 Å². The third-order valence-electron chi connectivity index (χ3n) is 6.17. The Bertz CT molecular complexity index is 1680. The van der Waals surface area contributed by atoms with Crippen LogP contribution in [0.2, 0.25) is 0 Å². The summed E-state index contributed by atoms with van der Waals surface area (Å²) in [6, 6.07) is 15.5. The second kappa shape index (κ2) is 9.84. The van der Waals surface area contributed by atoms with Gasteiger partial charge in [0, 0.05) is 6.20 Å². The van der Waals surface area contributed by atoms with Crippen molar-refractivity contribution in [3.63, 3.8) is 0 Å². The Balaban J connectivity index is 1.60. The molecule has 0 bridgehead atoms.